The lowest BCUT2D eigenvalue weighted by Crippen LogP contribution is -2.11. The molecule has 0 aliphatic carbocycles. The molecular weight excluding hydrogens is 350 g/mol. The average molecular weight is 373 g/mol. The van der Waals surface area contributed by atoms with Crippen LogP contribution in [0.3, 0.4) is 0 Å². The first-order chi connectivity index (χ1) is 14.2. The molecule has 5 aromatic carbocycles. The molecule has 0 spiro atoms. The molecular formula is C28H23N. The first kappa shape index (κ1) is 17.5. The number of aryl methyl sites for hydroxylation is 2. The van der Waals surface area contributed by atoms with Crippen LogP contribution < -0.4 is 4.90 Å². The van der Waals surface area contributed by atoms with E-state index in [0.29, 0.717) is 0 Å². The number of rotatable bonds is 3. The van der Waals surface area contributed by atoms with Crippen molar-refractivity contribution in [3.63, 3.8) is 0 Å². The smallest absolute Gasteiger partial charge is 0.0540 e. The van der Waals surface area contributed by atoms with Gasteiger partial charge in [0.05, 0.1) is 11.4 Å². The van der Waals surface area contributed by atoms with Gasteiger partial charge in [-0.2, -0.15) is 0 Å². The van der Waals surface area contributed by atoms with Gasteiger partial charge in [0.1, 0.15) is 0 Å². The maximum atomic E-state index is 2.39. The van der Waals surface area contributed by atoms with Crippen LogP contribution in [0.1, 0.15) is 11.1 Å². The van der Waals surface area contributed by atoms with E-state index in [2.05, 4.69) is 122 Å². The van der Waals surface area contributed by atoms with E-state index in [1.54, 1.807) is 0 Å². The summed E-state index contributed by atoms with van der Waals surface area (Å²) in [5, 5.41) is 5.12. The molecule has 0 aliphatic heterocycles. The summed E-state index contributed by atoms with van der Waals surface area (Å²) < 4.78 is 0. The summed E-state index contributed by atoms with van der Waals surface area (Å²) in [6.07, 6.45) is 0. The molecule has 0 aliphatic rings. The third kappa shape index (κ3) is 2.96. The number of hydrogen-bond donors (Lipinski definition) is 0. The van der Waals surface area contributed by atoms with Crippen LogP contribution in [0.5, 0.6) is 0 Å². The fourth-order valence-electron chi connectivity index (χ4n) is 4.24. The van der Waals surface area contributed by atoms with Gasteiger partial charge in [-0.05, 0) is 60.0 Å². The molecule has 0 atom stereocenters. The molecule has 0 amide bonds. The molecule has 140 valence electrons. The lowest BCUT2D eigenvalue weighted by molar-refractivity contribution is 1.30. The van der Waals surface area contributed by atoms with Crippen LogP contribution in [-0.2, 0) is 0 Å². The lowest BCUT2D eigenvalue weighted by atomic mass is 9.99. The van der Waals surface area contributed by atoms with Gasteiger partial charge in [-0.15, -0.1) is 0 Å². The highest BCUT2D eigenvalue weighted by Gasteiger charge is 2.18. The Balaban J connectivity index is 1.87. The van der Waals surface area contributed by atoms with Crippen molar-refractivity contribution in [2.45, 2.75) is 13.8 Å². The summed E-state index contributed by atoms with van der Waals surface area (Å²) in [6, 6.07) is 37.0. The Morgan fingerprint density at radius 2 is 0.828 bits per heavy atom. The maximum absolute atomic E-state index is 2.39. The van der Waals surface area contributed by atoms with Crippen molar-refractivity contribution in [1.82, 2.24) is 0 Å². The molecule has 1 heteroatoms. The highest BCUT2D eigenvalue weighted by atomic mass is 15.1. The molecule has 0 unspecified atom stereocenters. The lowest BCUT2D eigenvalue weighted by Gasteiger charge is -2.28. The van der Waals surface area contributed by atoms with Crippen LogP contribution in [0, 0.1) is 13.8 Å². The zero-order chi connectivity index (χ0) is 19.8. The topological polar surface area (TPSA) is 3.24 Å². The van der Waals surface area contributed by atoms with E-state index < -0.39 is 0 Å². The molecule has 0 heterocycles. The molecule has 0 N–H and O–H groups in total. The predicted molar refractivity (Wildman–Crippen MR) is 126 cm³/mol. The van der Waals surface area contributed by atoms with Crippen LogP contribution in [-0.4, -0.2) is 0 Å². The molecule has 0 saturated carbocycles. The molecule has 0 aromatic heterocycles. The quantitative estimate of drug-likeness (QED) is 0.309. The van der Waals surface area contributed by atoms with Crippen LogP contribution in [0.2, 0.25) is 0 Å². The van der Waals surface area contributed by atoms with Crippen molar-refractivity contribution in [3.05, 3.63) is 114 Å². The Morgan fingerprint density at radius 1 is 0.414 bits per heavy atom. The van der Waals surface area contributed by atoms with E-state index in [4.69, 9.17) is 0 Å². The van der Waals surface area contributed by atoms with Crippen LogP contribution in [0.15, 0.2) is 103 Å². The predicted octanol–water partition coefficient (Wildman–Crippen LogP) is 8.08. The van der Waals surface area contributed by atoms with Gasteiger partial charge in [-0.1, -0.05) is 78.9 Å². The van der Waals surface area contributed by atoms with Crippen molar-refractivity contribution >= 4 is 38.6 Å². The zero-order valence-corrected chi connectivity index (χ0v) is 16.8. The third-order valence-electron chi connectivity index (χ3n) is 5.73. The minimum Gasteiger partial charge on any atom is -0.309 e. The summed E-state index contributed by atoms with van der Waals surface area (Å²) in [6.45, 7) is 4.36. The SMILES string of the molecule is Cc1ccc(N(c2ccccc2)c2ccc(C)c3ccccc23)c2ccccc12. The molecule has 1 nitrogen and oxygen atoms in total. The van der Waals surface area contributed by atoms with Gasteiger partial charge >= 0.3 is 0 Å². The van der Waals surface area contributed by atoms with Crippen LogP contribution in [0.25, 0.3) is 21.5 Å². The molecule has 5 aromatic rings. The van der Waals surface area contributed by atoms with Gasteiger partial charge in [-0.3, -0.25) is 0 Å². The molecule has 0 bridgehead atoms. The Hall–Kier alpha value is -3.58. The first-order valence-corrected chi connectivity index (χ1v) is 10.1. The minimum atomic E-state index is 1.16. The average Bonchev–Trinajstić information content (AvgIpc) is 2.78. The summed E-state index contributed by atoms with van der Waals surface area (Å²) in [4.78, 5) is 2.39. The number of para-hydroxylation sites is 1. The zero-order valence-electron chi connectivity index (χ0n) is 16.8. The van der Waals surface area contributed by atoms with Gasteiger partial charge in [0, 0.05) is 16.5 Å². The number of fused-ring (bicyclic) bond motifs is 2. The fraction of sp³-hybridized carbons (Fsp3) is 0.0714. The van der Waals surface area contributed by atoms with Crippen molar-refractivity contribution < 1.29 is 0 Å². The normalized spacial score (nSPS) is 11.1. The van der Waals surface area contributed by atoms with E-state index in [0.717, 1.165) is 5.69 Å². The number of benzene rings is 5. The van der Waals surface area contributed by atoms with Crippen molar-refractivity contribution in [2.24, 2.45) is 0 Å². The summed E-state index contributed by atoms with van der Waals surface area (Å²) in [5.74, 6) is 0. The number of anilines is 3. The minimum absolute atomic E-state index is 1.16. The van der Waals surface area contributed by atoms with Gasteiger partial charge in [0.15, 0.2) is 0 Å². The van der Waals surface area contributed by atoms with Crippen LogP contribution >= 0.6 is 0 Å². The second-order valence-corrected chi connectivity index (χ2v) is 7.57. The Labute approximate surface area is 171 Å². The fourth-order valence-corrected chi connectivity index (χ4v) is 4.24. The highest BCUT2D eigenvalue weighted by Crippen LogP contribution is 2.42. The van der Waals surface area contributed by atoms with Crippen molar-refractivity contribution in [2.75, 3.05) is 4.90 Å². The second kappa shape index (κ2) is 7.10. The monoisotopic (exact) mass is 373 g/mol. The molecule has 29 heavy (non-hydrogen) atoms. The van der Waals surface area contributed by atoms with Crippen molar-refractivity contribution in [1.29, 1.82) is 0 Å². The van der Waals surface area contributed by atoms with Gasteiger partial charge in [0.25, 0.3) is 0 Å². The van der Waals surface area contributed by atoms with E-state index in [1.807, 2.05) is 0 Å². The molecule has 5 rings (SSSR count). The van der Waals surface area contributed by atoms with E-state index in [9.17, 15) is 0 Å². The van der Waals surface area contributed by atoms with Gasteiger partial charge in [0.2, 0.25) is 0 Å². The first-order valence-electron chi connectivity index (χ1n) is 10.1. The summed E-state index contributed by atoms with van der Waals surface area (Å²) >= 11 is 0. The Morgan fingerprint density at radius 3 is 1.31 bits per heavy atom. The summed E-state index contributed by atoms with van der Waals surface area (Å²) in [7, 11) is 0. The highest BCUT2D eigenvalue weighted by molar-refractivity contribution is 6.06. The third-order valence-corrected chi connectivity index (χ3v) is 5.73. The number of hydrogen-bond acceptors (Lipinski definition) is 1. The molecule has 0 fully saturated rings. The van der Waals surface area contributed by atoms with E-state index in [-0.39, 0.29) is 0 Å². The van der Waals surface area contributed by atoms with E-state index in [1.165, 1.54) is 44.0 Å². The number of nitrogens with zero attached hydrogens (tertiary/aromatic N) is 1. The maximum Gasteiger partial charge on any atom is 0.0540 e. The van der Waals surface area contributed by atoms with E-state index >= 15 is 0 Å². The van der Waals surface area contributed by atoms with Crippen molar-refractivity contribution in [3.8, 4) is 0 Å². The summed E-state index contributed by atoms with van der Waals surface area (Å²) in [5.41, 5.74) is 6.16. The molecule has 0 radical (unpaired) electrons. The van der Waals surface area contributed by atoms with Gasteiger partial charge in [-0.25, -0.2) is 0 Å². The van der Waals surface area contributed by atoms with Gasteiger partial charge < -0.3 is 4.90 Å². The largest absolute Gasteiger partial charge is 0.309 e. The van der Waals surface area contributed by atoms with Crippen LogP contribution in [0.4, 0.5) is 17.1 Å². The standard InChI is InChI=1S/C28H23N/c1-20-16-18-27(25-14-8-6-12-23(20)25)29(22-10-4-3-5-11-22)28-19-17-21(2)24-13-7-9-15-26(24)28/h3-19H,1-2H3. The Bertz CT molecular complexity index is 1230. The second-order valence-electron chi connectivity index (χ2n) is 7.57. The Kier molecular flexibility index (Phi) is 4.29. The molecule has 0 saturated heterocycles.